The molecule has 1 heterocycles. The fraction of sp³-hybridized carbons (Fsp3) is 0.263. The molecule has 0 atom stereocenters. The number of thiocarbonyl (C=S) groups is 1. The second kappa shape index (κ2) is 9.95. The Hall–Kier alpha value is -2.52. The van der Waals surface area contributed by atoms with E-state index in [4.69, 9.17) is 17.0 Å². The Labute approximate surface area is 199 Å². The highest BCUT2D eigenvalue weighted by atomic mass is 127. The third-order valence-corrected chi connectivity index (χ3v) is 5.42. The van der Waals surface area contributed by atoms with Crippen LogP contribution >= 0.6 is 34.8 Å². The molecule has 1 fully saturated rings. The third kappa shape index (κ3) is 5.83. The quantitative estimate of drug-likeness (QED) is 0.243. The number of alkyl halides is 3. The zero-order chi connectivity index (χ0) is 23.5. The number of carbonyl (C=O) groups is 1. The monoisotopic (exact) mass is 580 g/mol. The molecular weight excluding hydrogens is 564 g/mol. The van der Waals surface area contributed by atoms with Crippen molar-refractivity contribution in [3.8, 4) is 0 Å². The van der Waals surface area contributed by atoms with E-state index in [9.17, 15) is 28.1 Å². The second-order valence-electron chi connectivity index (χ2n) is 6.65. The molecule has 0 radical (unpaired) electrons. The summed E-state index contributed by atoms with van der Waals surface area (Å²) in [6.45, 7) is 1.78. The van der Waals surface area contributed by atoms with Crippen LogP contribution in [0.5, 0.6) is 0 Å². The van der Waals surface area contributed by atoms with Gasteiger partial charge in [-0.1, -0.05) is 0 Å². The van der Waals surface area contributed by atoms with Gasteiger partial charge < -0.3 is 15.0 Å². The maximum Gasteiger partial charge on any atom is 0.418 e. The van der Waals surface area contributed by atoms with E-state index < -0.39 is 22.6 Å². The van der Waals surface area contributed by atoms with Crippen molar-refractivity contribution in [3.05, 3.63) is 61.2 Å². The van der Waals surface area contributed by atoms with Crippen molar-refractivity contribution in [2.75, 3.05) is 36.5 Å². The van der Waals surface area contributed by atoms with E-state index in [1.54, 1.807) is 22.6 Å². The first kappa shape index (κ1) is 24.1. The zero-order valence-electron chi connectivity index (χ0n) is 16.2. The molecule has 2 N–H and O–H groups in total. The lowest BCUT2D eigenvalue weighted by Gasteiger charge is -2.30. The normalized spacial score (nSPS) is 14.1. The standard InChI is InChI=1S/C19H16F3IN4O4S/c20-19(21,22)14-9-11(23)1-3-15(14)24-18(32)25-17(28)13-10-12(27(29)30)2-4-16(13)26-5-7-31-8-6-26/h1-4,9-10H,5-8H2,(H2,24,25,28,32). The topological polar surface area (TPSA) is 96.7 Å². The number of nitro groups is 1. The Morgan fingerprint density at radius 1 is 1.19 bits per heavy atom. The predicted molar refractivity (Wildman–Crippen MR) is 124 cm³/mol. The number of halogens is 4. The molecule has 2 aromatic carbocycles. The van der Waals surface area contributed by atoms with Crippen LogP contribution in [0.15, 0.2) is 36.4 Å². The molecular formula is C19H16F3IN4O4S. The fourth-order valence-electron chi connectivity index (χ4n) is 3.08. The van der Waals surface area contributed by atoms with Crippen molar-refractivity contribution >= 4 is 62.9 Å². The molecule has 0 aliphatic carbocycles. The molecule has 0 unspecified atom stereocenters. The molecule has 3 rings (SSSR count). The molecule has 32 heavy (non-hydrogen) atoms. The van der Waals surface area contributed by atoms with Crippen LogP contribution in [0.3, 0.4) is 0 Å². The number of morpholine rings is 1. The van der Waals surface area contributed by atoms with Crippen LogP contribution in [0.4, 0.5) is 30.2 Å². The number of nitro benzene ring substituents is 1. The number of rotatable bonds is 4. The number of anilines is 2. The Balaban J connectivity index is 1.84. The van der Waals surface area contributed by atoms with Crippen molar-refractivity contribution in [1.82, 2.24) is 5.32 Å². The van der Waals surface area contributed by atoms with Crippen LogP contribution < -0.4 is 15.5 Å². The van der Waals surface area contributed by atoms with Gasteiger partial charge in [-0.15, -0.1) is 0 Å². The third-order valence-electron chi connectivity index (χ3n) is 4.55. The largest absolute Gasteiger partial charge is 0.418 e. The Morgan fingerprint density at radius 2 is 1.88 bits per heavy atom. The van der Waals surface area contributed by atoms with E-state index in [0.717, 1.165) is 12.1 Å². The molecule has 1 saturated heterocycles. The fourth-order valence-corrected chi connectivity index (χ4v) is 3.78. The highest BCUT2D eigenvalue weighted by molar-refractivity contribution is 14.1. The van der Waals surface area contributed by atoms with E-state index in [2.05, 4.69) is 10.6 Å². The van der Waals surface area contributed by atoms with E-state index in [0.29, 0.717) is 35.6 Å². The van der Waals surface area contributed by atoms with Gasteiger partial charge in [0.05, 0.1) is 40.6 Å². The smallest absolute Gasteiger partial charge is 0.378 e. The highest BCUT2D eigenvalue weighted by Crippen LogP contribution is 2.36. The van der Waals surface area contributed by atoms with Crippen molar-refractivity contribution in [2.45, 2.75) is 6.18 Å². The Kier molecular flexibility index (Phi) is 7.51. The predicted octanol–water partition coefficient (Wildman–Crippen LogP) is 4.18. The maximum atomic E-state index is 13.3. The van der Waals surface area contributed by atoms with Crippen molar-refractivity contribution in [2.24, 2.45) is 0 Å². The number of amides is 1. The molecule has 1 aliphatic rings. The number of nitrogens with zero attached hydrogens (tertiary/aromatic N) is 2. The number of nitrogens with one attached hydrogen (secondary N) is 2. The second-order valence-corrected chi connectivity index (χ2v) is 8.31. The number of carbonyl (C=O) groups excluding carboxylic acids is 1. The first-order valence-electron chi connectivity index (χ1n) is 9.16. The van der Waals surface area contributed by atoms with Crippen molar-refractivity contribution in [3.63, 3.8) is 0 Å². The summed E-state index contributed by atoms with van der Waals surface area (Å²) in [5, 5.41) is 15.5. The van der Waals surface area contributed by atoms with Crippen LogP contribution in [0.25, 0.3) is 0 Å². The van der Waals surface area contributed by atoms with Crippen LogP contribution in [0, 0.1) is 13.7 Å². The maximum absolute atomic E-state index is 13.3. The Bertz CT molecular complexity index is 1060. The molecule has 0 aromatic heterocycles. The van der Waals surface area contributed by atoms with Crippen LogP contribution in [0.1, 0.15) is 15.9 Å². The molecule has 0 saturated carbocycles. The molecule has 2 aromatic rings. The summed E-state index contributed by atoms with van der Waals surface area (Å²) in [7, 11) is 0. The van der Waals surface area contributed by atoms with Gasteiger partial charge in [-0.05, 0) is 59.1 Å². The molecule has 13 heteroatoms. The number of hydrogen-bond donors (Lipinski definition) is 2. The molecule has 1 amide bonds. The van der Waals surface area contributed by atoms with Gasteiger partial charge in [0.1, 0.15) is 0 Å². The van der Waals surface area contributed by atoms with Gasteiger partial charge in [-0.3, -0.25) is 20.2 Å². The first-order chi connectivity index (χ1) is 15.1. The van der Waals surface area contributed by atoms with E-state index in [-0.39, 0.29) is 22.1 Å². The minimum atomic E-state index is -4.63. The molecule has 0 spiro atoms. The van der Waals surface area contributed by atoms with Gasteiger partial charge in [0.15, 0.2) is 5.11 Å². The number of benzene rings is 2. The van der Waals surface area contributed by atoms with E-state index in [1.165, 1.54) is 24.3 Å². The van der Waals surface area contributed by atoms with Crippen molar-refractivity contribution < 1.29 is 27.6 Å². The summed E-state index contributed by atoms with van der Waals surface area (Å²) in [6.07, 6.45) is -4.63. The lowest BCUT2D eigenvalue weighted by Crippen LogP contribution is -2.39. The number of non-ortho nitro benzene ring substituents is 1. The van der Waals surface area contributed by atoms with Crippen LogP contribution in [-0.4, -0.2) is 42.2 Å². The lowest BCUT2D eigenvalue weighted by molar-refractivity contribution is -0.384. The number of ether oxygens (including phenoxy) is 1. The van der Waals surface area contributed by atoms with Gasteiger partial charge in [0.25, 0.3) is 11.6 Å². The zero-order valence-corrected chi connectivity index (χ0v) is 19.2. The summed E-state index contributed by atoms with van der Waals surface area (Å²) in [5.74, 6) is -0.785. The van der Waals surface area contributed by atoms with Gasteiger partial charge in [-0.25, -0.2) is 0 Å². The van der Waals surface area contributed by atoms with Gasteiger partial charge >= 0.3 is 6.18 Å². The van der Waals surface area contributed by atoms with Gasteiger partial charge in [-0.2, -0.15) is 13.2 Å². The summed E-state index contributed by atoms with van der Waals surface area (Å²) >= 11 is 6.79. The minimum Gasteiger partial charge on any atom is -0.378 e. The number of hydrogen-bond acceptors (Lipinski definition) is 6. The Morgan fingerprint density at radius 3 is 2.50 bits per heavy atom. The van der Waals surface area contributed by atoms with Gasteiger partial charge in [0.2, 0.25) is 0 Å². The lowest BCUT2D eigenvalue weighted by atomic mass is 10.1. The summed E-state index contributed by atoms with van der Waals surface area (Å²) in [4.78, 5) is 25.2. The average molecular weight is 580 g/mol. The average Bonchev–Trinajstić information content (AvgIpc) is 2.74. The van der Waals surface area contributed by atoms with Crippen LogP contribution in [0.2, 0.25) is 0 Å². The van der Waals surface area contributed by atoms with Crippen molar-refractivity contribution in [1.29, 1.82) is 0 Å². The SMILES string of the molecule is O=C(NC(=S)Nc1ccc(I)cc1C(F)(F)F)c1cc([N+](=O)[O-])ccc1N1CCOCC1. The van der Waals surface area contributed by atoms with Gasteiger partial charge in [0, 0.05) is 28.8 Å². The first-order valence-corrected chi connectivity index (χ1v) is 10.6. The minimum absolute atomic E-state index is 0.0242. The molecule has 1 aliphatic heterocycles. The highest BCUT2D eigenvalue weighted by Gasteiger charge is 2.34. The summed E-state index contributed by atoms with van der Waals surface area (Å²) < 4.78 is 45.7. The molecule has 8 nitrogen and oxygen atoms in total. The van der Waals surface area contributed by atoms with Crippen LogP contribution in [-0.2, 0) is 10.9 Å². The molecule has 170 valence electrons. The molecule has 0 bridgehead atoms. The van der Waals surface area contributed by atoms with E-state index in [1.807, 2.05) is 4.90 Å². The summed E-state index contributed by atoms with van der Waals surface area (Å²) in [5.41, 5.74) is -1.16. The van der Waals surface area contributed by atoms with E-state index >= 15 is 0 Å². The summed E-state index contributed by atoms with van der Waals surface area (Å²) in [6, 6.07) is 7.45.